The monoisotopic (exact) mass is 618 g/mol. The lowest BCUT2D eigenvalue weighted by atomic mass is 9.91. The Morgan fingerprint density at radius 3 is 2.60 bits per heavy atom. The van der Waals surface area contributed by atoms with Crippen molar-refractivity contribution in [2.24, 2.45) is 5.92 Å². The van der Waals surface area contributed by atoms with Crippen LogP contribution in [0.2, 0.25) is 0 Å². The van der Waals surface area contributed by atoms with Gasteiger partial charge in [0.2, 0.25) is 23.6 Å². The highest BCUT2D eigenvalue weighted by Gasteiger charge is 2.50. The fraction of sp³-hybridized carbons (Fsp3) is 0.419. The van der Waals surface area contributed by atoms with Gasteiger partial charge in [-0.15, -0.1) is 0 Å². The molecule has 5 unspecified atom stereocenters. The van der Waals surface area contributed by atoms with Crippen LogP contribution in [-0.4, -0.2) is 103 Å². The van der Waals surface area contributed by atoms with Crippen molar-refractivity contribution in [3.8, 4) is 5.75 Å². The summed E-state index contributed by atoms with van der Waals surface area (Å²) in [6, 6.07) is 6.36. The number of hydrogen-bond acceptors (Lipinski definition) is 8. The van der Waals surface area contributed by atoms with E-state index in [0.29, 0.717) is 30.5 Å². The molecular formula is C31H34N6O8. The Labute approximate surface area is 257 Å². The molecule has 3 aliphatic rings. The molecule has 45 heavy (non-hydrogen) atoms. The van der Waals surface area contributed by atoms with Crippen LogP contribution in [0.25, 0.3) is 11.0 Å². The molecule has 2 aromatic heterocycles. The van der Waals surface area contributed by atoms with Gasteiger partial charge in [0.15, 0.2) is 0 Å². The summed E-state index contributed by atoms with van der Waals surface area (Å²) in [7, 11) is 0. The molecule has 4 amide bonds. The number of phenolic OH excluding ortho intramolecular Hbond substituents is 1. The van der Waals surface area contributed by atoms with E-state index in [0.717, 1.165) is 16.6 Å². The largest absolute Gasteiger partial charge is 0.508 e. The molecule has 0 bridgehead atoms. The summed E-state index contributed by atoms with van der Waals surface area (Å²) >= 11 is 0. The number of aromatic hydroxyl groups is 1. The lowest BCUT2D eigenvalue weighted by Gasteiger charge is -2.38. The molecule has 5 atom stereocenters. The van der Waals surface area contributed by atoms with Gasteiger partial charge in [-0.1, -0.05) is 12.1 Å². The van der Waals surface area contributed by atoms with Crippen molar-refractivity contribution in [1.82, 2.24) is 30.4 Å². The maximum Gasteiger partial charge on any atom is 0.322 e. The lowest BCUT2D eigenvalue weighted by molar-refractivity contribution is -0.145. The van der Waals surface area contributed by atoms with E-state index >= 15 is 0 Å². The fourth-order valence-corrected chi connectivity index (χ4v) is 6.86. The predicted molar refractivity (Wildman–Crippen MR) is 157 cm³/mol. The van der Waals surface area contributed by atoms with E-state index in [1.807, 2.05) is 6.07 Å². The average Bonchev–Trinajstić information content (AvgIpc) is 3.75. The fourth-order valence-electron chi connectivity index (χ4n) is 6.86. The number of carboxylic acids is 1. The van der Waals surface area contributed by atoms with E-state index < -0.39 is 60.3 Å². The SMILES string of the molecule is O=C(O)CNC(=O)C1CCCN1C(=O)C(Cc1ccc(O)cc1)NC(=O)C1Cc2c([nH]c3ncccc23)C2CC(CO)C(=O)N12. The topological polar surface area (TPSA) is 205 Å². The van der Waals surface area contributed by atoms with Crippen molar-refractivity contribution in [3.05, 3.63) is 59.4 Å². The van der Waals surface area contributed by atoms with Crippen LogP contribution in [0.4, 0.5) is 0 Å². The molecule has 236 valence electrons. The van der Waals surface area contributed by atoms with Crippen molar-refractivity contribution >= 4 is 40.6 Å². The molecule has 6 N–H and O–H groups in total. The number of nitrogens with zero attached hydrogens (tertiary/aromatic N) is 3. The number of fused-ring (bicyclic) bond motifs is 5. The minimum Gasteiger partial charge on any atom is -0.508 e. The van der Waals surface area contributed by atoms with Gasteiger partial charge >= 0.3 is 5.97 Å². The molecular weight excluding hydrogens is 584 g/mol. The molecule has 0 aliphatic carbocycles. The second kappa shape index (κ2) is 12.2. The lowest BCUT2D eigenvalue weighted by Crippen LogP contribution is -2.59. The number of H-pyrrole nitrogens is 1. The molecule has 2 fully saturated rings. The number of likely N-dealkylation sites (tertiary alicyclic amines) is 1. The summed E-state index contributed by atoms with van der Waals surface area (Å²) in [5.41, 5.74) is 2.90. The van der Waals surface area contributed by atoms with Gasteiger partial charge < -0.3 is 40.7 Å². The number of pyridine rings is 1. The summed E-state index contributed by atoms with van der Waals surface area (Å²) in [5.74, 6) is -3.88. The number of hydrogen-bond donors (Lipinski definition) is 6. The minimum absolute atomic E-state index is 0.0311. The number of aliphatic hydroxyl groups excluding tert-OH is 1. The molecule has 3 aliphatic heterocycles. The Bertz CT molecular complexity index is 1660. The number of aliphatic carboxylic acids is 1. The average molecular weight is 619 g/mol. The van der Waals surface area contributed by atoms with Crippen LogP contribution in [0.15, 0.2) is 42.6 Å². The standard InChI is InChI=1S/C31H34N6O8/c38-15-17-12-23-26-20(19-3-1-9-32-27(19)35-26)13-24(37(23)30(17)44)29(43)34-21(11-16-5-7-18(39)8-6-16)31(45)36-10-2-4-22(36)28(42)33-14-25(40)41/h1,3,5-9,17,21-24,38-39H,2,4,10-15H2,(H,32,35)(H,33,42)(H,34,43)(H,40,41). The third kappa shape index (κ3) is 5.68. The van der Waals surface area contributed by atoms with Crippen molar-refractivity contribution < 1.29 is 39.3 Å². The quantitative estimate of drug-likeness (QED) is 0.191. The Morgan fingerprint density at radius 2 is 1.87 bits per heavy atom. The van der Waals surface area contributed by atoms with Crippen LogP contribution in [0.3, 0.4) is 0 Å². The molecule has 1 aromatic carbocycles. The van der Waals surface area contributed by atoms with Crippen LogP contribution >= 0.6 is 0 Å². The van der Waals surface area contributed by atoms with Crippen LogP contribution in [-0.2, 0) is 36.8 Å². The maximum atomic E-state index is 14.2. The second-order valence-electron chi connectivity index (χ2n) is 11.7. The number of aromatic amines is 1. The first kappa shape index (κ1) is 30.1. The Kier molecular flexibility index (Phi) is 8.14. The Hall–Kier alpha value is -4.98. The van der Waals surface area contributed by atoms with E-state index in [4.69, 9.17) is 5.11 Å². The highest BCUT2D eigenvalue weighted by Crippen LogP contribution is 2.45. The van der Waals surface area contributed by atoms with Crippen molar-refractivity contribution in [1.29, 1.82) is 0 Å². The molecule has 2 saturated heterocycles. The number of nitrogens with one attached hydrogen (secondary N) is 3. The van der Waals surface area contributed by atoms with Gasteiger partial charge in [-0.25, -0.2) is 4.98 Å². The first-order chi connectivity index (χ1) is 21.7. The third-order valence-electron chi connectivity index (χ3n) is 8.99. The predicted octanol–water partition coefficient (Wildman–Crippen LogP) is -0.00560. The zero-order chi connectivity index (χ0) is 31.8. The number of carbonyl (C=O) groups excluding carboxylic acids is 4. The van der Waals surface area contributed by atoms with Crippen molar-refractivity contribution in [3.63, 3.8) is 0 Å². The summed E-state index contributed by atoms with van der Waals surface area (Å²) in [6.07, 6.45) is 3.02. The normalized spacial score (nSPS) is 23.0. The Morgan fingerprint density at radius 1 is 1.09 bits per heavy atom. The third-order valence-corrected chi connectivity index (χ3v) is 8.99. The maximum absolute atomic E-state index is 14.2. The smallest absolute Gasteiger partial charge is 0.322 e. The number of aromatic nitrogens is 2. The summed E-state index contributed by atoms with van der Waals surface area (Å²) in [6.45, 7) is -0.708. The van der Waals surface area contributed by atoms with Gasteiger partial charge in [-0.05, 0) is 54.7 Å². The molecule has 0 radical (unpaired) electrons. The molecule has 14 nitrogen and oxygen atoms in total. The van der Waals surface area contributed by atoms with Gasteiger partial charge in [0, 0.05) is 36.7 Å². The van der Waals surface area contributed by atoms with Crippen LogP contribution in [0, 0.1) is 5.92 Å². The Balaban J connectivity index is 1.30. The van der Waals surface area contributed by atoms with Crippen molar-refractivity contribution in [2.75, 3.05) is 19.7 Å². The van der Waals surface area contributed by atoms with E-state index in [1.54, 1.807) is 24.4 Å². The van der Waals surface area contributed by atoms with Gasteiger partial charge in [0.05, 0.1) is 18.6 Å². The van der Waals surface area contributed by atoms with Crippen LogP contribution in [0.5, 0.6) is 5.75 Å². The molecule has 5 heterocycles. The molecule has 0 spiro atoms. The molecule has 0 saturated carbocycles. The van der Waals surface area contributed by atoms with E-state index in [1.165, 1.54) is 21.9 Å². The van der Waals surface area contributed by atoms with E-state index in [9.17, 15) is 34.2 Å². The first-order valence-electron chi connectivity index (χ1n) is 14.9. The number of benzene rings is 1. The van der Waals surface area contributed by atoms with Gasteiger partial charge in [0.1, 0.15) is 36.1 Å². The highest BCUT2D eigenvalue weighted by molar-refractivity contribution is 5.97. The minimum atomic E-state index is -1.21. The zero-order valence-electron chi connectivity index (χ0n) is 24.3. The summed E-state index contributed by atoms with van der Waals surface area (Å²) in [5, 5.41) is 34.8. The summed E-state index contributed by atoms with van der Waals surface area (Å²) in [4.78, 5) is 76.1. The second-order valence-corrected chi connectivity index (χ2v) is 11.7. The molecule has 6 rings (SSSR count). The van der Waals surface area contributed by atoms with Crippen LogP contribution < -0.4 is 10.6 Å². The molecule has 14 heteroatoms. The zero-order valence-corrected chi connectivity index (χ0v) is 24.3. The van der Waals surface area contributed by atoms with Crippen molar-refractivity contribution in [2.45, 2.75) is 56.3 Å². The number of rotatable bonds is 9. The number of carbonyl (C=O) groups is 5. The number of carboxylic acid groups (broad SMARTS) is 1. The number of amides is 4. The van der Waals surface area contributed by atoms with Crippen LogP contribution in [0.1, 0.15) is 42.1 Å². The van der Waals surface area contributed by atoms with Gasteiger partial charge in [0.25, 0.3) is 0 Å². The first-order valence-corrected chi connectivity index (χ1v) is 14.9. The highest BCUT2D eigenvalue weighted by atomic mass is 16.4. The van der Waals surface area contributed by atoms with E-state index in [-0.39, 0.29) is 37.6 Å². The molecule has 3 aromatic rings. The van der Waals surface area contributed by atoms with Gasteiger partial charge in [-0.3, -0.25) is 24.0 Å². The number of aliphatic hydroxyl groups is 1. The van der Waals surface area contributed by atoms with Gasteiger partial charge in [-0.2, -0.15) is 0 Å². The summed E-state index contributed by atoms with van der Waals surface area (Å²) < 4.78 is 0. The number of phenols is 1. The van der Waals surface area contributed by atoms with E-state index in [2.05, 4.69) is 20.6 Å².